The van der Waals surface area contributed by atoms with Gasteiger partial charge in [0.05, 0.1) is 0 Å². The molecule has 1 heterocycles. The van der Waals surface area contributed by atoms with Crippen LogP contribution in [0.25, 0.3) is 10.2 Å². The summed E-state index contributed by atoms with van der Waals surface area (Å²) >= 11 is 7.51. The van der Waals surface area contributed by atoms with Gasteiger partial charge in [-0.25, -0.2) is 0 Å². The fraction of sp³-hybridized carbons (Fsp3) is 0.417. The third-order valence-electron chi connectivity index (χ3n) is 2.83. The predicted molar refractivity (Wildman–Crippen MR) is 80.3 cm³/mol. The van der Waals surface area contributed by atoms with E-state index in [0.717, 1.165) is 15.2 Å². The largest absolute Gasteiger partial charge is 0.870 e. The maximum atomic E-state index is 11.0. The molecule has 0 aliphatic carbocycles. The fourth-order valence-corrected chi connectivity index (χ4v) is 3.77. The highest BCUT2D eigenvalue weighted by atomic mass is 35.5. The van der Waals surface area contributed by atoms with Gasteiger partial charge in [0.15, 0.2) is 0 Å². The summed E-state index contributed by atoms with van der Waals surface area (Å²) in [6.07, 6.45) is 0.399. The summed E-state index contributed by atoms with van der Waals surface area (Å²) in [6.45, 7) is 3.78. The second-order valence-electron chi connectivity index (χ2n) is 4.37. The maximum absolute atomic E-state index is 11.0. The molecule has 0 aliphatic rings. The molecule has 0 fully saturated rings. The molecule has 0 bridgehead atoms. The standard InChI is InChI=1S/C12H14ClNO4S2.H2O/c1-3-4-12(18-20(15,16)17)14-8(2)19-11-6-5-9(13)7-10(11)14;/h5-7,12H,3-4H2,1-2H3;1H2. The topological polar surface area (TPSA) is 97.5 Å². The molecule has 0 radical (unpaired) electrons. The average Bonchev–Trinajstić information content (AvgIpc) is 2.62. The lowest BCUT2D eigenvalue weighted by Gasteiger charge is -2.10. The van der Waals surface area contributed by atoms with E-state index in [4.69, 9.17) is 20.3 Å². The molecule has 0 aliphatic heterocycles. The van der Waals surface area contributed by atoms with Crippen molar-refractivity contribution in [3.63, 3.8) is 0 Å². The molecule has 6 nitrogen and oxygen atoms in total. The van der Waals surface area contributed by atoms with Gasteiger partial charge in [0.1, 0.15) is 4.70 Å². The van der Waals surface area contributed by atoms with Crippen LogP contribution in [0.4, 0.5) is 0 Å². The lowest BCUT2D eigenvalue weighted by atomic mass is 10.2. The Morgan fingerprint density at radius 1 is 1.48 bits per heavy atom. The van der Waals surface area contributed by atoms with Crippen molar-refractivity contribution in [2.45, 2.75) is 32.9 Å². The van der Waals surface area contributed by atoms with E-state index in [2.05, 4.69) is 0 Å². The Hall–Kier alpha value is -0.770. The van der Waals surface area contributed by atoms with E-state index in [-0.39, 0.29) is 5.48 Å². The van der Waals surface area contributed by atoms with Crippen LogP contribution in [-0.4, -0.2) is 18.4 Å². The Labute approximate surface area is 132 Å². The van der Waals surface area contributed by atoms with Crippen molar-refractivity contribution in [2.75, 3.05) is 0 Å². The van der Waals surface area contributed by atoms with Crippen molar-refractivity contribution in [1.29, 1.82) is 0 Å². The maximum Gasteiger partial charge on any atom is 0.402 e. The van der Waals surface area contributed by atoms with Crippen molar-refractivity contribution in [1.82, 2.24) is 0 Å². The molecular weight excluding hydrogens is 338 g/mol. The molecule has 21 heavy (non-hydrogen) atoms. The van der Waals surface area contributed by atoms with Crippen LogP contribution in [0, 0.1) is 6.92 Å². The molecule has 0 saturated heterocycles. The summed E-state index contributed by atoms with van der Waals surface area (Å²) in [5.74, 6) is 0. The van der Waals surface area contributed by atoms with E-state index >= 15 is 0 Å². The van der Waals surface area contributed by atoms with Crippen LogP contribution in [0.3, 0.4) is 0 Å². The molecule has 118 valence electrons. The molecule has 1 atom stereocenters. The van der Waals surface area contributed by atoms with Gasteiger partial charge in [0.25, 0.3) is 6.23 Å². The Balaban J connectivity index is 0.00000220. The first-order valence-corrected chi connectivity index (χ1v) is 8.63. The van der Waals surface area contributed by atoms with Gasteiger partial charge in [-0.1, -0.05) is 29.9 Å². The van der Waals surface area contributed by atoms with Crippen LogP contribution in [0.1, 0.15) is 31.0 Å². The minimum Gasteiger partial charge on any atom is -0.870 e. The van der Waals surface area contributed by atoms with Gasteiger partial charge in [-0.2, -0.15) is 17.2 Å². The summed E-state index contributed by atoms with van der Waals surface area (Å²) in [4.78, 5) is 0. The normalized spacial score (nSPS) is 13.1. The smallest absolute Gasteiger partial charge is 0.402 e. The highest BCUT2D eigenvalue weighted by Crippen LogP contribution is 2.26. The molecule has 1 aromatic carbocycles. The van der Waals surface area contributed by atoms with Crippen molar-refractivity contribution < 1.29 is 27.2 Å². The van der Waals surface area contributed by atoms with E-state index in [1.54, 1.807) is 16.7 Å². The first-order chi connectivity index (χ1) is 9.31. The number of hydrogen-bond donors (Lipinski definition) is 1. The lowest BCUT2D eigenvalue weighted by Crippen LogP contribution is -2.43. The van der Waals surface area contributed by atoms with Gasteiger partial charge in [-0.05, 0) is 18.6 Å². The van der Waals surface area contributed by atoms with Crippen LogP contribution >= 0.6 is 22.9 Å². The first-order valence-electron chi connectivity index (χ1n) is 6.07. The molecular formula is C12H16ClNO5S2. The van der Waals surface area contributed by atoms with Crippen molar-refractivity contribution in [3.8, 4) is 0 Å². The van der Waals surface area contributed by atoms with E-state index < -0.39 is 16.6 Å². The minimum absolute atomic E-state index is 0. The Morgan fingerprint density at radius 2 is 2.14 bits per heavy atom. The van der Waals surface area contributed by atoms with Gasteiger partial charge in [0.2, 0.25) is 10.5 Å². The number of rotatable bonds is 5. The van der Waals surface area contributed by atoms with Crippen LogP contribution in [0.5, 0.6) is 0 Å². The predicted octanol–water partition coefficient (Wildman–Crippen LogP) is 3.09. The lowest BCUT2D eigenvalue weighted by molar-refractivity contribution is -0.733. The second kappa shape index (κ2) is 6.99. The Bertz CT molecular complexity index is 729. The quantitative estimate of drug-likeness (QED) is 0.658. The van der Waals surface area contributed by atoms with Crippen LogP contribution in [0.15, 0.2) is 18.2 Å². The molecule has 2 aromatic rings. The summed E-state index contributed by atoms with van der Waals surface area (Å²) in [5.41, 5.74) is 0.794. The number of aryl methyl sites for hydroxylation is 1. The van der Waals surface area contributed by atoms with Crippen LogP contribution < -0.4 is 4.57 Å². The molecule has 1 aromatic heterocycles. The van der Waals surface area contributed by atoms with Crippen molar-refractivity contribution >= 4 is 43.6 Å². The number of benzene rings is 1. The zero-order valence-electron chi connectivity index (χ0n) is 11.5. The molecule has 0 spiro atoms. The summed E-state index contributed by atoms with van der Waals surface area (Å²) in [7, 11) is -4.52. The summed E-state index contributed by atoms with van der Waals surface area (Å²) < 4.78 is 38.5. The molecule has 9 heteroatoms. The van der Waals surface area contributed by atoms with E-state index in [9.17, 15) is 8.42 Å². The van der Waals surface area contributed by atoms with Gasteiger partial charge in [0, 0.05) is 24.4 Å². The summed E-state index contributed by atoms with van der Waals surface area (Å²) in [6, 6.07) is 5.42. The number of halogens is 1. The molecule has 0 amide bonds. The molecule has 0 saturated carbocycles. The molecule has 1 unspecified atom stereocenters. The minimum atomic E-state index is -4.52. The first kappa shape index (κ1) is 18.3. The van der Waals surface area contributed by atoms with E-state index in [1.165, 1.54) is 11.3 Å². The molecule has 2 rings (SSSR count). The summed E-state index contributed by atoms with van der Waals surface area (Å²) in [5, 5.41) is 1.44. The Morgan fingerprint density at radius 3 is 2.71 bits per heavy atom. The van der Waals surface area contributed by atoms with E-state index in [1.807, 2.05) is 19.9 Å². The van der Waals surface area contributed by atoms with Crippen LogP contribution in [0.2, 0.25) is 5.02 Å². The number of aromatic nitrogens is 1. The van der Waals surface area contributed by atoms with Gasteiger partial charge < -0.3 is 5.48 Å². The zero-order chi connectivity index (χ0) is 14.9. The zero-order valence-corrected chi connectivity index (χ0v) is 13.9. The second-order valence-corrected chi connectivity index (χ2v) is 7.09. The number of thiazole rings is 1. The Kier molecular flexibility index (Phi) is 6.09. The highest BCUT2D eigenvalue weighted by Gasteiger charge is 2.31. The number of nitrogens with zero attached hydrogens (tertiary/aromatic N) is 1. The van der Waals surface area contributed by atoms with Gasteiger partial charge in [-0.15, -0.1) is 0 Å². The fourth-order valence-electron chi connectivity index (χ4n) is 2.11. The monoisotopic (exact) mass is 353 g/mol. The molecule has 2 N–H and O–H groups in total. The number of fused-ring (bicyclic) bond motifs is 1. The van der Waals surface area contributed by atoms with Gasteiger partial charge in [-0.3, -0.25) is 4.55 Å². The number of hydrogen-bond acceptors (Lipinski definition) is 5. The van der Waals surface area contributed by atoms with Crippen molar-refractivity contribution in [2.24, 2.45) is 0 Å². The van der Waals surface area contributed by atoms with Gasteiger partial charge >= 0.3 is 10.4 Å². The highest BCUT2D eigenvalue weighted by molar-refractivity contribution is 7.80. The average molecular weight is 354 g/mol. The third kappa shape index (κ3) is 4.35. The van der Waals surface area contributed by atoms with E-state index in [0.29, 0.717) is 17.9 Å². The third-order valence-corrected chi connectivity index (χ3v) is 4.59. The van der Waals surface area contributed by atoms with Crippen molar-refractivity contribution in [3.05, 3.63) is 28.2 Å². The SMILES string of the molecule is CCCC(OS(=O)(=O)O)[n+]1c(C)sc2ccc(Cl)cc21.[OH-]. The van der Waals surface area contributed by atoms with Crippen LogP contribution in [-0.2, 0) is 14.6 Å².